The summed E-state index contributed by atoms with van der Waals surface area (Å²) < 4.78 is 4.72. The monoisotopic (exact) mass is 144 g/mol. The van der Waals surface area contributed by atoms with Crippen molar-refractivity contribution in [3.63, 3.8) is 0 Å². The molecule has 1 aliphatic heterocycles. The summed E-state index contributed by atoms with van der Waals surface area (Å²) in [5, 5.41) is 17.2. The van der Waals surface area contributed by atoms with E-state index in [1.165, 1.54) is 6.26 Å². The topological polar surface area (TPSA) is 66.8 Å². The van der Waals surface area contributed by atoms with Gasteiger partial charge in [0, 0.05) is 0 Å². The van der Waals surface area contributed by atoms with Crippen LogP contribution in [0.25, 0.3) is 0 Å². The summed E-state index contributed by atoms with van der Waals surface area (Å²) in [6, 6.07) is 0. The van der Waals surface area contributed by atoms with Crippen LogP contribution in [0.15, 0.2) is 12.3 Å². The first-order valence-electron chi connectivity index (χ1n) is 2.91. The van der Waals surface area contributed by atoms with E-state index in [0.29, 0.717) is 0 Å². The van der Waals surface area contributed by atoms with Crippen LogP contribution < -0.4 is 0 Å². The van der Waals surface area contributed by atoms with Crippen molar-refractivity contribution in [2.75, 3.05) is 6.61 Å². The van der Waals surface area contributed by atoms with Gasteiger partial charge in [-0.25, -0.2) is 4.79 Å². The molecule has 0 aromatic heterocycles. The molecule has 0 spiro atoms. The van der Waals surface area contributed by atoms with E-state index in [-0.39, 0.29) is 6.61 Å². The van der Waals surface area contributed by atoms with Gasteiger partial charge in [0.2, 0.25) is 0 Å². The van der Waals surface area contributed by atoms with Gasteiger partial charge in [-0.05, 0) is 6.08 Å². The summed E-state index contributed by atoms with van der Waals surface area (Å²) in [5.74, 6) is -1.60. The molecule has 4 nitrogen and oxygen atoms in total. The van der Waals surface area contributed by atoms with Crippen molar-refractivity contribution in [3.8, 4) is 0 Å². The number of aliphatic hydroxyl groups is 1. The zero-order valence-corrected chi connectivity index (χ0v) is 5.23. The highest BCUT2D eigenvalue weighted by Crippen LogP contribution is 2.12. The Morgan fingerprint density at radius 2 is 2.50 bits per heavy atom. The Kier molecular flexibility index (Phi) is 1.91. The van der Waals surface area contributed by atoms with Crippen molar-refractivity contribution in [1.82, 2.24) is 0 Å². The van der Waals surface area contributed by atoms with Crippen LogP contribution in [0.5, 0.6) is 0 Å². The maximum absolute atomic E-state index is 10.1. The van der Waals surface area contributed by atoms with Crippen LogP contribution >= 0.6 is 0 Å². The van der Waals surface area contributed by atoms with E-state index in [1.54, 1.807) is 6.08 Å². The third kappa shape index (κ3) is 1.27. The molecule has 1 rings (SSSR count). The number of ether oxygens (including phenoxy) is 1. The molecule has 2 atom stereocenters. The molecule has 0 amide bonds. The maximum Gasteiger partial charge on any atom is 0.333 e. The van der Waals surface area contributed by atoms with Crippen LogP contribution in [0.4, 0.5) is 0 Å². The van der Waals surface area contributed by atoms with Crippen molar-refractivity contribution in [3.05, 3.63) is 12.3 Å². The molecule has 0 bridgehead atoms. The Labute approximate surface area is 57.7 Å². The number of hydrogen-bond acceptors (Lipinski definition) is 3. The molecule has 0 aromatic carbocycles. The lowest BCUT2D eigenvalue weighted by atomic mass is 10.1. The molecule has 4 heteroatoms. The van der Waals surface area contributed by atoms with Crippen molar-refractivity contribution >= 4 is 5.97 Å². The van der Waals surface area contributed by atoms with Gasteiger partial charge in [0.1, 0.15) is 0 Å². The van der Waals surface area contributed by atoms with Crippen LogP contribution in [-0.4, -0.2) is 28.9 Å². The molecule has 0 aliphatic carbocycles. The van der Waals surface area contributed by atoms with Crippen molar-refractivity contribution < 1.29 is 19.7 Å². The minimum absolute atomic E-state index is 0.257. The first kappa shape index (κ1) is 7.08. The first-order valence-corrected chi connectivity index (χ1v) is 2.91. The van der Waals surface area contributed by atoms with Gasteiger partial charge in [-0.2, -0.15) is 0 Å². The van der Waals surface area contributed by atoms with Gasteiger partial charge >= 0.3 is 5.97 Å². The molecule has 1 heterocycles. The minimum atomic E-state index is -1.33. The van der Waals surface area contributed by atoms with Crippen LogP contribution in [0.1, 0.15) is 0 Å². The number of aliphatic hydroxyl groups excluding tert-OH is 1. The predicted molar refractivity (Wildman–Crippen MR) is 32.2 cm³/mol. The average molecular weight is 144 g/mol. The SMILES string of the molecule is O=C(O)C(O)C1C=COC1. The van der Waals surface area contributed by atoms with E-state index in [9.17, 15) is 4.79 Å². The smallest absolute Gasteiger partial charge is 0.333 e. The fourth-order valence-corrected chi connectivity index (χ4v) is 0.758. The second kappa shape index (κ2) is 2.70. The molecule has 0 radical (unpaired) electrons. The summed E-state index contributed by atoms with van der Waals surface area (Å²) >= 11 is 0. The van der Waals surface area contributed by atoms with Crippen molar-refractivity contribution in [2.45, 2.75) is 6.10 Å². The molecule has 56 valence electrons. The molecule has 0 saturated heterocycles. The summed E-state index contributed by atoms with van der Waals surface area (Å²) in [6.07, 6.45) is 1.61. The van der Waals surface area contributed by atoms with Gasteiger partial charge in [-0.3, -0.25) is 0 Å². The number of carbonyl (C=O) groups is 1. The Morgan fingerprint density at radius 1 is 1.80 bits per heavy atom. The third-order valence-electron chi connectivity index (χ3n) is 1.37. The van der Waals surface area contributed by atoms with Crippen LogP contribution in [0.3, 0.4) is 0 Å². The molecule has 2 N–H and O–H groups in total. The number of carboxylic acid groups (broad SMARTS) is 1. The van der Waals surface area contributed by atoms with Gasteiger partial charge in [0.05, 0.1) is 18.8 Å². The molecule has 1 aliphatic rings. The Morgan fingerprint density at radius 3 is 2.90 bits per heavy atom. The lowest BCUT2D eigenvalue weighted by Crippen LogP contribution is -2.28. The quantitative estimate of drug-likeness (QED) is 0.553. The Balaban J connectivity index is 2.48. The zero-order chi connectivity index (χ0) is 7.56. The summed E-state index contributed by atoms with van der Waals surface area (Å²) in [7, 11) is 0. The van der Waals surface area contributed by atoms with E-state index >= 15 is 0 Å². The molecule has 0 aromatic rings. The molecule has 0 fully saturated rings. The van der Waals surface area contributed by atoms with Gasteiger partial charge in [0.15, 0.2) is 6.10 Å². The van der Waals surface area contributed by atoms with E-state index in [4.69, 9.17) is 14.9 Å². The third-order valence-corrected chi connectivity index (χ3v) is 1.37. The maximum atomic E-state index is 10.1. The van der Waals surface area contributed by atoms with Crippen molar-refractivity contribution in [1.29, 1.82) is 0 Å². The average Bonchev–Trinajstić information content (AvgIpc) is 2.36. The fourth-order valence-electron chi connectivity index (χ4n) is 0.758. The highest BCUT2D eigenvalue weighted by atomic mass is 16.5. The predicted octanol–water partition coefficient (Wildman–Crippen LogP) is -0.408. The Hall–Kier alpha value is -1.03. The van der Waals surface area contributed by atoms with Gasteiger partial charge in [-0.15, -0.1) is 0 Å². The number of aliphatic carboxylic acids is 1. The largest absolute Gasteiger partial charge is 0.501 e. The first-order chi connectivity index (χ1) is 4.72. The minimum Gasteiger partial charge on any atom is -0.501 e. The Bertz CT molecular complexity index is 163. The van der Waals surface area contributed by atoms with Gasteiger partial charge in [-0.1, -0.05) is 0 Å². The molecular weight excluding hydrogens is 136 g/mol. The standard InChI is InChI=1S/C6H8O4/c7-5(6(8)9)4-1-2-10-3-4/h1-2,4-5,7H,3H2,(H,8,9). The van der Waals surface area contributed by atoms with Gasteiger partial charge in [0.25, 0.3) is 0 Å². The number of rotatable bonds is 2. The highest BCUT2D eigenvalue weighted by molar-refractivity contribution is 5.72. The van der Waals surface area contributed by atoms with E-state index in [1.807, 2.05) is 0 Å². The fraction of sp³-hybridized carbons (Fsp3) is 0.500. The molecule has 10 heavy (non-hydrogen) atoms. The van der Waals surface area contributed by atoms with E-state index in [0.717, 1.165) is 0 Å². The van der Waals surface area contributed by atoms with E-state index in [2.05, 4.69) is 0 Å². The molecule has 0 saturated carbocycles. The number of hydrogen-bond donors (Lipinski definition) is 2. The molecular formula is C6H8O4. The second-order valence-corrected chi connectivity index (χ2v) is 2.11. The van der Waals surface area contributed by atoms with Crippen molar-refractivity contribution in [2.24, 2.45) is 5.92 Å². The lowest BCUT2D eigenvalue weighted by molar-refractivity contribution is -0.149. The van der Waals surface area contributed by atoms with Crippen LogP contribution in [-0.2, 0) is 9.53 Å². The summed E-state index contributed by atoms with van der Waals surface area (Å²) in [6.45, 7) is 0.257. The van der Waals surface area contributed by atoms with Crippen LogP contribution in [0.2, 0.25) is 0 Å². The molecule has 2 unspecified atom stereocenters. The lowest BCUT2D eigenvalue weighted by Gasteiger charge is -2.08. The van der Waals surface area contributed by atoms with Crippen LogP contribution in [0, 0.1) is 5.92 Å². The normalized spacial score (nSPS) is 25.9. The second-order valence-electron chi connectivity index (χ2n) is 2.11. The summed E-state index contributed by atoms with van der Waals surface area (Å²) in [4.78, 5) is 10.1. The van der Waals surface area contributed by atoms with E-state index < -0.39 is 18.0 Å². The zero-order valence-electron chi connectivity index (χ0n) is 5.23. The summed E-state index contributed by atoms with van der Waals surface area (Å²) in [5.41, 5.74) is 0. The number of carboxylic acids is 1. The van der Waals surface area contributed by atoms with Gasteiger partial charge < -0.3 is 14.9 Å². The highest BCUT2D eigenvalue weighted by Gasteiger charge is 2.26.